The summed E-state index contributed by atoms with van der Waals surface area (Å²) in [5.74, 6) is -0.0129. The highest BCUT2D eigenvalue weighted by Crippen LogP contribution is 2.11. The van der Waals surface area contributed by atoms with Gasteiger partial charge in [-0.15, -0.1) is 36.2 Å². The molecule has 1 amide bonds. The molecule has 4 nitrogen and oxygen atoms in total. The molecule has 0 unspecified atom stereocenters. The number of rotatable bonds is 5. The minimum atomic E-state index is -0.0129. The van der Waals surface area contributed by atoms with Crippen molar-refractivity contribution in [2.45, 2.75) is 13.3 Å². The van der Waals surface area contributed by atoms with Gasteiger partial charge in [-0.25, -0.2) is 4.98 Å². The van der Waals surface area contributed by atoms with E-state index in [1.54, 1.807) is 5.51 Å². The van der Waals surface area contributed by atoms with Crippen LogP contribution in [-0.2, 0) is 0 Å². The Kier molecular flexibility index (Phi) is 11.1. The van der Waals surface area contributed by atoms with Crippen molar-refractivity contribution in [1.29, 1.82) is 0 Å². The van der Waals surface area contributed by atoms with Crippen LogP contribution in [0.25, 0.3) is 0 Å². The highest BCUT2D eigenvalue weighted by Gasteiger charge is 2.09. The van der Waals surface area contributed by atoms with Crippen LogP contribution in [0.5, 0.6) is 0 Å². The van der Waals surface area contributed by atoms with Gasteiger partial charge in [0.2, 0.25) is 0 Å². The van der Waals surface area contributed by atoms with Gasteiger partial charge in [0.25, 0.3) is 5.91 Å². The first-order valence-corrected chi connectivity index (χ1v) is 5.46. The number of nitrogens with one attached hydrogen (secondary N) is 2. The largest absolute Gasteiger partial charge is 0.351 e. The average Bonchev–Trinajstić information content (AvgIpc) is 2.59. The lowest BCUT2D eigenvalue weighted by molar-refractivity contribution is 0.0956. The fraction of sp³-hybridized carbons (Fsp3) is 0.556. The van der Waals surface area contributed by atoms with E-state index in [0.29, 0.717) is 6.54 Å². The van der Waals surface area contributed by atoms with E-state index in [4.69, 9.17) is 0 Å². The molecule has 0 saturated heterocycles. The second kappa shape index (κ2) is 9.84. The lowest BCUT2D eigenvalue weighted by Crippen LogP contribution is -2.26. The predicted octanol–water partition coefficient (Wildman–Crippen LogP) is 1.63. The molecule has 0 radical (unpaired) electrons. The van der Waals surface area contributed by atoms with Crippen molar-refractivity contribution in [2.75, 3.05) is 20.1 Å². The number of amides is 1. The second-order valence-electron chi connectivity index (χ2n) is 2.98. The summed E-state index contributed by atoms with van der Waals surface area (Å²) < 4.78 is 0. The highest BCUT2D eigenvalue weighted by molar-refractivity contribution is 7.11. The van der Waals surface area contributed by atoms with Crippen molar-refractivity contribution in [3.05, 3.63) is 16.1 Å². The number of carbonyl (C=O) groups is 1. The molecule has 0 spiro atoms. The maximum Gasteiger partial charge on any atom is 0.263 e. The summed E-state index contributed by atoms with van der Waals surface area (Å²) in [6.07, 6.45) is 0.945. The molecule has 1 aromatic rings. The molecule has 7 heteroatoms. The number of hydrogen-bond acceptors (Lipinski definition) is 4. The number of carbonyl (C=O) groups excluding carboxylic acids is 1. The van der Waals surface area contributed by atoms with Crippen LogP contribution in [0.4, 0.5) is 0 Å². The maximum absolute atomic E-state index is 11.5. The quantitative estimate of drug-likeness (QED) is 0.809. The Bertz CT molecular complexity index is 307. The monoisotopic (exact) mass is 285 g/mol. The third kappa shape index (κ3) is 5.65. The zero-order valence-electron chi connectivity index (χ0n) is 9.28. The minimum absolute atomic E-state index is 0. The summed E-state index contributed by atoms with van der Waals surface area (Å²) in [4.78, 5) is 16.3. The molecular weight excluding hydrogens is 269 g/mol. The Morgan fingerprint density at radius 1 is 1.44 bits per heavy atom. The topological polar surface area (TPSA) is 54.0 Å². The number of halogens is 2. The summed E-state index contributed by atoms with van der Waals surface area (Å²) in [6.45, 7) is 3.47. The SMILES string of the molecule is CNCCCNC(=O)c1scnc1C.Cl.Cl. The Morgan fingerprint density at radius 2 is 2.12 bits per heavy atom. The molecule has 0 saturated carbocycles. The molecular formula is C9H17Cl2N3OS. The van der Waals surface area contributed by atoms with Crippen LogP contribution in [0.15, 0.2) is 5.51 Å². The van der Waals surface area contributed by atoms with Crippen LogP contribution in [-0.4, -0.2) is 31.0 Å². The first-order valence-electron chi connectivity index (χ1n) is 4.58. The summed E-state index contributed by atoms with van der Waals surface area (Å²) in [6, 6.07) is 0. The molecule has 94 valence electrons. The van der Waals surface area contributed by atoms with Crippen molar-refractivity contribution in [3.63, 3.8) is 0 Å². The molecule has 2 N–H and O–H groups in total. The van der Waals surface area contributed by atoms with Crippen LogP contribution in [0.1, 0.15) is 21.8 Å². The molecule has 0 aliphatic heterocycles. The molecule has 1 heterocycles. The minimum Gasteiger partial charge on any atom is -0.351 e. The van der Waals surface area contributed by atoms with E-state index in [9.17, 15) is 4.79 Å². The first kappa shape index (κ1) is 18.0. The second-order valence-corrected chi connectivity index (χ2v) is 3.83. The lowest BCUT2D eigenvalue weighted by atomic mass is 10.3. The number of aromatic nitrogens is 1. The number of hydrogen-bond donors (Lipinski definition) is 2. The fourth-order valence-corrected chi connectivity index (χ4v) is 1.79. The summed E-state index contributed by atoms with van der Waals surface area (Å²) in [5, 5.41) is 5.88. The molecule has 16 heavy (non-hydrogen) atoms. The van der Waals surface area contributed by atoms with E-state index >= 15 is 0 Å². The van der Waals surface area contributed by atoms with Crippen molar-refractivity contribution < 1.29 is 4.79 Å². The van der Waals surface area contributed by atoms with E-state index in [1.165, 1.54) is 11.3 Å². The van der Waals surface area contributed by atoms with Gasteiger partial charge in [-0.05, 0) is 26.9 Å². The predicted molar refractivity (Wildman–Crippen MR) is 72.2 cm³/mol. The number of aryl methyl sites for hydroxylation is 1. The van der Waals surface area contributed by atoms with Gasteiger partial charge in [-0.2, -0.15) is 0 Å². The summed E-state index contributed by atoms with van der Waals surface area (Å²) in [5.41, 5.74) is 2.50. The number of thiazole rings is 1. The van der Waals surface area contributed by atoms with E-state index in [2.05, 4.69) is 15.6 Å². The van der Waals surface area contributed by atoms with Crippen molar-refractivity contribution in [1.82, 2.24) is 15.6 Å². The zero-order valence-corrected chi connectivity index (χ0v) is 11.7. The Labute approximate surface area is 112 Å². The molecule has 0 aliphatic carbocycles. The summed E-state index contributed by atoms with van der Waals surface area (Å²) >= 11 is 1.38. The third-order valence-corrected chi connectivity index (χ3v) is 2.77. The molecule has 0 aliphatic rings. The molecule has 1 aromatic heterocycles. The smallest absolute Gasteiger partial charge is 0.263 e. The van der Waals surface area contributed by atoms with E-state index < -0.39 is 0 Å². The Hall–Kier alpha value is -0.360. The van der Waals surface area contributed by atoms with Crippen LogP contribution in [0, 0.1) is 6.92 Å². The molecule has 1 rings (SSSR count). The molecule has 0 fully saturated rings. The van der Waals surface area contributed by atoms with Crippen molar-refractivity contribution in [2.24, 2.45) is 0 Å². The van der Waals surface area contributed by atoms with Crippen molar-refractivity contribution >= 4 is 42.1 Å². The molecule has 0 bridgehead atoms. The molecule has 0 atom stereocenters. The van der Waals surface area contributed by atoms with Gasteiger partial charge in [0.1, 0.15) is 4.88 Å². The number of nitrogens with zero attached hydrogens (tertiary/aromatic N) is 1. The van der Waals surface area contributed by atoms with Crippen LogP contribution in [0.2, 0.25) is 0 Å². The molecule has 0 aromatic carbocycles. The third-order valence-electron chi connectivity index (χ3n) is 1.84. The first-order chi connectivity index (χ1) is 6.75. The Morgan fingerprint density at radius 3 is 2.62 bits per heavy atom. The van der Waals surface area contributed by atoms with Crippen LogP contribution in [0.3, 0.4) is 0 Å². The van der Waals surface area contributed by atoms with Crippen LogP contribution >= 0.6 is 36.2 Å². The normalized spacial score (nSPS) is 8.88. The van der Waals surface area contributed by atoms with Crippen LogP contribution < -0.4 is 10.6 Å². The fourth-order valence-electron chi connectivity index (χ4n) is 1.07. The van der Waals surface area contributed by atoms with Gasteiger partial charge in [0, 0.05) is 6.54 Å². The van der Waals surface area contributed by atoms with Gasteiger partial charge in [0.05, 0.1) is 11.2 Å². The average molecular weight is 286 g/mol. The van der Waals surface area contributed by atoms with Gasteiger partial charge in [0.15, 0.2) is 0 Å². The Balaban J connectivity index is 0. The van der Waals surface area contributed by atoms with E-state index in [0.717, 1.165) is 23.5 Å². The summed E-state index contributed by atoms with van der Waals surface area (Å²) in [7, 11) is 1.90. The highest BCUT2D eigenvalue weighted by atomic mass is 35.5. The van der Waals surface area contributed by atoms with Gasteiger partial charge >= 0.3 is 0 Å². The van der Waals surface area contributed by atoms with E-state index in [-0.39, 0.29) is 30.7 Å². The van der Waals surface area contributed by atoms with E-state index in [1.807, 2.05) is 14.0 Å². The standard InChI is InChI=1S/C9H15N3OS.2ClH/c1-7-8(14-6-12-7)9(13)11-5-3-4-10-2;;/h6,10H,3-5H2,1-2H3,(H,11,13);2*1H. The lowest BCUT2D eigenvalue weighted by Gasteiger charge is -2.03. The maximum atomic E-state index is 11.5. The zero-order chi connectivity index (χ0) is 10.4. The van der Waals surface area contributed by atoms with Crippen molar-refractivity contribution in [3.8, 4) is 0 Å². The van der Waals surface area contributed by atoms with Gasteiger partial charge in [-0.3, -0.25) is 4.79 Å². The van der Waals surface area contributed by atoms with Gasteiger partial charge in [-0.1, -0.05) is 0 Å². The van der Waals surface area contributed by atoms with Gasteiger partial charge < -0.3 is 10.6 Å².